The van der Waals surface area contributed by atoms with Gasteiger partial charge in [-0.25, -0.2) is 0 Å². The van der Waals surface area contributed by atoms with Crippen molar-refractivity contribution in [3.63, 3.8) is 0 Å². The minimum atomic E-state index is -0.392. The lowest BCUT2D eigenvalue weighted by atomic mass is 10.1. The first-order valence-corrected chi connectivity index (χ1v) is 6.72. The Bertz CT molecular complexity index is 656. The standard InChI is InChI=1S/C15H19N3O3/c1-10-5-6-11(7-13(10)18(19)20)14-8-12(17-21-14)9-16-15(2,3)4/h5-8,16H,9H2,1-4H3. The normalized spacial score (nSPS) is 11.6. The molecule has 1 aromatic carbocycles. The van der Waals surface area contributed by atoms with Gasteiger partial charge in [-0.2, -0.15) is 0 Å². The molecule has 0 unspecified atom stereocenters. The van der Waals surface area contributed by atoms with E-state index in [1.807, 2.05) is 0 Å². The number of nitro benzene ring substituents is 1. The Balaban J connectivity index is 2.22. The van der Waals surface area contributed by atoms with E-state index >= 15 is 0 Å². The predicted octanol–water partition coefficient (Wildman–Crippen LogP) is 3.45. The summed E-state index contributed by atoms with van der Waals surface area (Å²) >= 11 is 0. The van der Waals surface area contributed by atoms with Crippen LogP contribution in [0.4, 0.5) is 5.69 Å². The number of nitrogens with one attached hydrogen (secondary N) is 1. The van der Waals surface area contributed by atoms with Crippen LogP contribution in [0.1, 0.15) is 32.0 Å². The molecule has 0 aliphatic heterocycles. The molecule has 1 N–H and O–H groups in total. The minimum Gasteiger partial charge on any atom is -0.356 e. The van der Waals surface area contributed by atoms with Gasteiger partial charge >= 0.3 is 0 Å². The number of hydrogen-bond donors (Lipinski definition) is 1. The first-order valence-electron chi connectivity index (χ1n) is 6.72. The Labute approximate surface area is 123 Å². The average Bonchev–Trinajstić information content (AvgIpc) is 2.84. The third kappa shape index (κ3) is 3.88. The van der Waals surface area contributed by atoms with Gasteiger partial charge in [-0.1, -0.05) is 17.3 Å². The molecule has 1 aromatic heterocycles. The molecule has 0 bridgehead atoms. The molecule has 6 heteroatoms. The minimum absolute atomic E-state index is 0.0121. The fourth-order valence-electron chi connectivity index (χ4n) is 1.85. The zero-order chi connectivity index (χ0) is 15.6. The van der Waals surface area contributed by atoms with E-state index in [2.05, 4.69) is 31.2 Å². The van der Waals surface area contributed by atoms with Crippen LogP contribution in [0.3, 0.4) is 0 Å². The zero-order valence-electron chi connectivity index (χ0n) is 12.6. The summed E-state index contributed by atoms with van der Waals surface area (Å²) in [6, 6.07) is 6.82. The molecule has 1 heterocycles. The summed E-state index contributed by atoms with van der Waals surface area (Å²) in [5, 5.41) is 18.3. The molecule has 0 aliphatic rings. The summed E-state index contributed by atoms with van der Waals surface area (Å²) in [5.41, 5.74) is 2.11. The van der Waals surface area contributed by atoms with Crippen LogP contribution in [0.5, 0.6) is 0 Å². The van der Waals surface area contributed by atoms with E-state index in [-0.39, 0.29) is 11.2 Å². The van der Waals surface area contributed by atoms with Gasteiger partial charge in [0.15, 0.2) is 5.76 Å². The monoisotopic (exact) mass is 289 g/mol. The molecule has 0 radical (unpaired) electrons. The number of benzene rings is 1. The summed E-state index contributed by atoms with van der Waals surface area (Å²) < 4.78 is 5.28. The van der Waals surface area contributed by atoms with E-state index in [0.717, 1.165) is 5.69 Å². The number of hydrogen-bond acceptors (Lipinski definition) is 5. The van der Waals surface area contributed by atoms with Gasteiger partial charge in [-0.05, 0) is 27.7 Å². The summed E-state index contributed by atoms with van der Waals surface area (Å²) in [6.45, 7) is 8.49. The smallest absolute Gasteiger partial charge is 0.273 e. The summed E-state index contributed by atoms with van der Waals surface area (Å²) in [4.78, 5) is 10.6. The highest BCUT2D eigenvalue weighted by atomic mass is 16.6. The third-order valence-corrected chi connectivity index (χ3v) is 3.05. The van der Waals surface area contributed by atoms with Crippen LogP contribution in [0.25, 0.3) is 11.3 Å². The van der Waals surface area contributed by atoms with Crippen LogP contribution >= 0.6 is 0 Å². The quantitative estimate of drug-likeness (QED) is 0.688. The largest absolute Gasteiger partial charge is 0.356 e. The van der Waals surface area contributed by atoms with Crippen molar-refractivity contribution in [1.29, 1.82) is 0 Å². The number of nitro groups is 1. The van der Waals surface area contributed by atoms with Gasteiger partial charge in [-0.15, -0.1) is 0 Å². The van der Waals surface area contributed by atoms with E-state index in [0.29, 0.717) is 23.4 Å². The topological polar surface area (TPSA) is 81.2 Å². The van der Waals surface area contributed by atoms with E-state index in [9.17, 15) is 10.1 Å². The van der Waals surface area contributed by atoms with Crippen LogP contribution in [0.2, 0.25) is 0 Å². The van der Waals surface area contributed by atoms with E-state index in [4.69, 9.17) is 4.52 Å². The molecule has 6 nitrogen and oxygen atoms in total. The van der Waals surface area contributed by atoms with Gasteiger partial charge in [0, 0.05) is 35.3 Å². The molecule has 0 atom stereocenters. The van der Waals surface area contributed by atoms with E-state index < -0.39 is 4.92 Å². The summed E-state index contributed by atoms with van der Waals surface area (Å²) in [5.74, 6) is 0.531. The number of aromatic nitrogens is 1. The average molecular weight is 289 g/mol. The predicted molar refractivity (Wildman–Crippen MR) is 79.9 cm³/mol. The van der Waals surface area contributed by atoms with Gasteiger partial charge in [-0.3, -0.25) is 10.1 Å². The lowest BCUT2D eigenvalue weighted by Crippen LogP contribution is -2.35. The van der Waals surface area contributed by atoms with Crippen molar-refractivity contribution in [3.05, 3.63) is 45.6 Å². The maximum atomic E-state index is 11.0. The van der Waals surface area contributed by atoms with E-state index in [1.54, 1.807) is 25.1 Å². The van der Waals surface area contributed by atoms with Crippen LogP contribution < -0.4 is 5.32 Å². The fraction of sp³-hybridized carbons (Fsp3) is 0.400. The van der Waals surface area contributed by atoms with E-state index in [1.165, 1.54) is 6.07 Å². The highest BCUT2D eigenvalue weighted by Gasteiger charge is 2.15. The molecule has 0 fully saturated rings. The number of rotatable bonds is 4. The first-order chi connectivity index (χ1) is 9.76. The van der Waals surface area contributed by atoms with Gasteiger partial charge in [0.05, 0.1) is 10.6 Å². The fourth-order valence-corrected chi connectivity index (χ4v) is 1.85. The second-order valence-electron chi connectivity index (χ2n) is 6.04. The molecule has 21 heavy (non-hydrogen) atoms. The number of nitrogens with zero attached hydrogens (tertiary/aromatic N) is 2. The molecule has 2 rings (SSSR count). The van der Waals surface area contributed by atoms with Gasteiger partial charge in [0.2, 0.25) is 0 Å². The SMILES string of the molecule is Cc1ccc(-c2cc(CNC(C)(C)C)no2)cc1[N+](=O)[O-]. The van der Waals surface area contributed by atoms with Gasteiger partial charge < -0.3 is 9.84 Å². The molecular weight excluding hydrogens is 270 g/mol. The van der Waals surface area contributed by atoms with Crippen LogP contribution in [0.15, 0.2) is 28.8 Å². The highest BCUT2D eigenvalue weighted by molar-refractivity contribution is 5.62. The van der Waals surface area contributed by atoms with Crippen LogP contribution in [-0.2, 0) is 6.54 Å². The van der Waals surface area contributed by atoms with Crippen molar-refractivity contribution in [3.8, 4) is 11.3 Å². The molecule has 0 saturated carbocycles. The Morgan fingerprint density at radius 1 is 1.33 bits per heavy atom. The Morgan fingerprint density at radius 2 is 2.05 bits per heavy atom. The molecule has 2 aromatic rings. The third-order valence-electron chi connectivity index (χ3n) is 3.05. The molecule has 0 amide bonds. The molecule has 0 spiro atoms. The summed E-state index contributed by atoms with van der Waals surface area (Å²) in [7, 11) is 0. The van der Waals surface area contributed by atoms with Crippen molar-refractivity contribution in [2.45, 2.75) is 39.8 Å². The highest BCUT2D eigenvalue weighted by Crippen LogP contribution is 2.27. The van der Waals surface area contributed by atoms with Crippen molar-refractivity contribution in [2.75, 3.05) is 0 Å². The lowest BCUT2D eigenvalue weighted by molar-refractivity contribution is -0.385. The molecule has 112 valence electrons. The van der Waals surface area contributed by atoms with Gasteiger partial charge in [0.1, 0.15) is 0 Å². The number of aryl methyl sites for hydroxylation is 1. The van der Waals surface area contributed by atoms with Crippen molar-refractivity contribution in [1.82, 2.24) is 10.5 Å². The summed E-state index contributed by atoms with van der Waals surface area (Å²) in [6.07, 6.45) is 0. The maximum absolute atomic E-state index is 11.0. The van der Waals surface area contributed by atoms with Crippen molar-refractivity contribution >= 4 is 5.69 Å². The Morgan fingerprint density at radius 3 is 2.67 bits per heavy atom. The van der Waals surface area contributed by atoms with Crippen molar-refractivity contribution < 1.29 is 9.45 Å². The first kappa shape index (κ1) is 15.2. The zero-order valence-corrected chi connectivity index (χ0v) is 12.6. The molecular formula is C15H19N3O3. The maximum Gasteiger partial charge on any atom is 0.273 e. The second-order valence-corrected chi connectivity index (χ2v) is 6.04. The van der Waals surface area contributed by atoms with Crippen LogP contribution in [-0.4, -0.2) is 15.6 Å². The van der Waals surface area contributed by atoms with Crippen LogP contribution in [0, 0.1) is 17.0 Å². The van der Waals surface area contributed by atoms with Gasteiger partial charge in [0.25, 0.3) is 5.69 Å². The Hall–Kier alpha value is -2.21. The second kappa shape index (κ2) is 5.65. The molecule has 0 saturated heterocycles. The Kier molecular flexibility index (Phi) is 4.09. The van der Waals surface area contributed by atoms with Crippen molar-refractivity contribution in [2.24, 2.45) is 0 Å². The molecule has 0 aliphatic carbocycles. The lowest BCUT2D eigenvalue weighted by Gasteiger charge is -2.19.